The second-order valence-corrected chi connectivity index (χ2v) is 6.05. The average Bonchev–Trinajstić information content (AvgIpc) is 2.97. The van der Waals surface area contributed by atoms with Gasteiger partial charge in [-0.3, -0.25) is 14.1 Å². The first-order chi connectivity index (χ1) is 9.69. The van der Waals surface area contributed by atoms with Crippen molar-refractivity contribution in [2.45, 2.75) is 39.2 Å². The van der Waals surface area contributed by atoms with Gasteiger partial charge in [0.1, 0.15) is 0 Å². The van der Waals surface area contributed by atoms with E-state index >= 15 is 0 Å². The van der Waals surface area contributed by atoms with Crippen LogP contribution in [0.1, 0.15) is 36.8 Å². The van der Waals surface area contributed by atoms with Crippen LogP contribution in [0.5, 0.6) is 0 Å². The van der Waals surface area contributed by atoms with Crippen LogP contribution in [0.4, 0.5) is 0 Å². The molecule has 0 spiro atoms. The van der Waals surface area contributed by atoms with E-state index in [9.17, 15) is 4.79 Å². The summed E-state index contributed by atoms with van der Waals surface area (Å²) in [6, 6.07) is 0. The van der Waals surface area contributed by atoms with E-state index < -0.39 is 5.97 Å². The molecule has 3 rings (SSSR count). The van der Waals surface area contributed by atoms with Crippen LogP contribution in [0.3, 0.4) is 0 Å². The van der Waals surface area contributed by atoms with Gasteiger partial charge in [0, 0.05) is 37.0 Å². The third-order valence-corrected chi connectivity index (χ3v) is 4.80. The fourth-order valence-electron chi connectivity index (χ4n) is 2.80. The summed E-state index contributed by atoms with van der Waals surface area (Å²) in [4.78, 5) is 18.8. The Kier molecular flexibility index (Phi) is 3.76. The van der Waals surface area contributed by atoms with Crippen molar-refractivity contribution < 1.29 is 9.90 Å². The van der Waals surface area contributed by atoms with Gasteiger partial charge < -0.3 is 5.11 Å². The number of carbonyl (C=O) groups is 1. The summed E-state index contributed by atoms with van der Waals surface area (Å²) >= 11 is 1.66. The number of hydrogen-bond donors (Lipinski definition) is 1. The molecule has 0 radical (unpaired) electrons. The first-order valence-corrected chi connectivity index (χ1v) is 7.97. The summed E-state index contributed by atoms with van der Waals surface area (Å²) in [5.74, 6) is -0.721. The van der Waals surface area contributed by atoms with Gasteiger partial charge in [0.25, 0.3) is 0 Å². The highest BCUT2D eigenvalue weighted by Crippen LogP contribution is 2.26. The van der Waals surface area contributed by atoms with Crippen molar-refractivity contribution in [1.29, 1.82) is 0 Å². The summed E-state index contributed by atoms with van der Waals surface area (Å²) < 4.78 is 2.25. The van der Waals surface area contributed by atoms with Gasteiger partial charge in [-0.2, -0.15) is 0 Å². The van der Waals surface area contributed by atoms with E-state index in [4.69, 9.17) is 10.1 Å². The Morgan fingerprint density at radius 2 is 2.40 bits per heavy atom. The van der Waals surface area contributed by atoms with Gasteiger partial charge in [-0.1, -0.05) is 6.92 Å². The van der Waals surface area contributed by atoms with Gasteiger partial charge >= 0.3 is 5.97 Å². The van der Waals surface area contributed by atoms with Crippen LogP contribution in [0.2, 0.25) is 0 Å². The molecule has 0 aromatic carbocycles. The standard InChI is InChI=1S/C14H19N3O2S/c1-2-16-7-6-11-12(8-16)17-10(4-3-5-13(18)19)9-20-14(17)15-11/h9H,2-8H2,1H3,(H,18,19). The van der Waals surface area contributed by atoms with Gasteiger partial charge in [-0.25, -0.2) is 4.98 Å². The van der Waals surface area contributed by atoms with Crippen LogP contribution in [0, 0.1) is 0 Å². The number of thiazole rings is 1. The normalized spacial score (nSPS) is 15.7. The van der Waals surface area contributed by atoms with Crippen LogP contribution >= 0.6 is 11.3 Å². The molecule has 6 heteroatoms. The fraction of sp³-hybridized carbons (Fsp3) is 0.571. The maximum atomic E-state index is 10.6. The number of aliphatic carboxylic acids is 1. The minimum Gasteiger partial charge on any atom is -0.481 e. The number of hydrogen-bond acceptors (Lipinski definition) is 4. The van der Waals surface area contributed by atoms with Crippen LogP contribution in [-0.2, 0) is 24.2 Å². The summed E-state index contributed by atoms with van der Waals surface area (Å²) in [6.45, 7) is 5.29. The van der Waals surface area contributed by atoms with E-state index in [1.54, 1.807) is 11.3 Å². The predicted octanol–water partition coefficient (Wildman–Crippen LogP) is 2.18. The summed E-state index contributed by atoms with van der Waals surface area (Å²) in [7, 11) is 0. The van der Waals surface area contributed by atoms with E-state index in [2.05, 4.69) is 21.6 Å². The van der Waals surface area contributed by atoms with Crippen LogP contribution < -0.4 is 0 Å². The van der Waals surface area contributed by atoms with Crippen LogP contribution in [0.15, 0.2) is 5.38 Å². The molecule has 0 saturated carbocycles. The van der Waals surface area contributed by atoms with Gasteiger partial charge in [0.2, 0.25) is 0 Å². The van der Waals surface area contributed by atoms with Gasteiger partial charge in [-0.15, -0.1) is 11.3 Å². The van der Waals surface area contributed by atoms with Gasteiger partial charge in [-0.05, 0) is 19.4 Å². The SMILES string of the molecule is CCN1CCc2nc3scc(CCCC(=O)O)n3c2C1. The smallest absolute Gasteiger partial charge is 0.303 e. The lowest BCUT2D eigenvalue weighted by molar-refractivity contribution is -0.137. The molecule has 0 atom stereocenters. The van der Waals surface area contributed by atoms with Crippen LogP contribution in [0.25, 0.3) is 4.96 Å². The number of imidazole rings is 1. The Balaban J connectivity index is 1.87. The Morgan fingerprint density at radius 3 is 3.15 bits per heavy atom. The van der Waals surface area contributed by atoms with Crippen molar-refractivity contribution in [3.63, 3.8) is 0 Å². The zero-order valence-electron chi connectivity index (χ0n) is 11.6. The molecule has 0 bridgehead atoms. The molecule has 0 saturated heterocycles. The van der Waals surface area contributed by atoms with Crippen molar-refractivity contribution in [1.82, 2.24) is 14.3 Å². The second kappa shape index (κ2) is 5.54. The van der Waals surface area contributed by atoms with E-state index in [0.29, 0.717) is 6.42 Å². The lowest BCUT2D eigenvalue weighted by Crippen LogP contribution is -2.30. The monoisotopic (exact) mass is 293 g/mol. The van der Waals surface area contributed by atoms with E-state index in [1.165, 1.54) is 17.1 Å². The first-order valence-electron chi connectivity index (χ1n) is 7.09. The molecule has 0 fully saturated rings. The number of aryl methyl sites for hydroxylation is 1. The number of fused-ring (bicyclic) bond motifs is 3. The molecule has 3 heterocycles. The highest BCUT2D eigenvalue weighted by molar-refractivity contribution is 7.15. The lowest BCUT2D eigenvalue weighted by atomic mass is 10.1. The molecule has 20 heavy (non-hydrogen) atoms. The fourth-order valence-corrected chi connectivity index (χ4v) is 3.76. The number of likely N-dealkylation sites (N-methyl/N-ethyl adjacent to an activating group) is 1. The number of carboxylic acid groups (broad SMARTS) is 1. The maximum absolute atomic E-state index is 10.6. The Bertz CT molecular complexity index is 632. The van der Waals surface area contributed by atoms with Crippen molar-refractivity contribution in [3.05, 3.63) is 22.5 Å². The summed E-state index contributed by atoms with van der Waals surface area (Å²) in [5.41, 5.74) is 3.73. The molecular weight excluding hydrogens is 274 g/mol. The number of nitrogens with zero attached hydrogens (tertiary/aromatic N) is 3. The van der Waals surface area contributed by atoms with Crippen molar-refractivity contribution in [2.75, 3.05) is 13.1 Å². The lowest BCUT2D eigenvalue weighted by Gasteiger charge is -2.25. The Morgan fingerprint density at radius 1 is 1.55 bits per heavy atom. The molecular formula is C14H19N3O2S. The highest BCUT2D eigenvalue weighted by atomic mass is 32.1. The number of aromatic nitrogens is 2. The van der Waals surface area contributed by atoms with E-state index in [1.807, 2.05) is 0 Å². The third-order valence-electron chi connectivity index (χ3n) is 3.92. The van der Waals surface area contributed by atoms with Crippen molar-refractivity contribution in [3.8, 4) is 0 Å². The molecule has 5 nitrogen and oxygen atoms in total. The second-order valence-electron chi connectivity index (χ2n) is 5.22. The maximum Gasteiger partial charge on any atom is 0.303 e. The molecule has 0 unspecified atom stereocenters. The largest absolute Gasteiger partial charge is 0.481 e. The average molecular weight is 293 g/mol. The molecule has 0 amide bonds. The zero-order chi connectivity index (χ0) is 14.1. The van der Waals surface area contributed by atoms with Crippen LogP contribution in [-0.4, -0.2) is 38.4 Å². The molecule has 1 aliphatic heterocycles. The third kappa shape index (κ3) is 2.45. The first kappa shape index (κ1) is 13.6. The molecule has 2 aromatic heterocycles. The minimum absolute atomic E-state index is 0.231. The van der Waals surface area contributed by atoms with Crippen molar-refractivity contribution in [2.24, 2.45) is 0 Å². The quantitative estimate of drug-likeness (QED) is 0.918. The summed E-state index contributed by atoms with van der Waals surface area (Å²) in [5, 5.41) is 10.9. The van der Waals surface area contributed by atoms with E-state index in [0.717, 1.165) is 37.4 Å². The highest BCUT2D eigenvalue weighted by Gasteiger charge is 2.22. The number of rotatable bonds is 5. The molecule has 2 aromatic rings. The Hall–Kier alpha value is -1.40. The molecule has 108 valence electrons. The predicted molar refractivity (Wildman–Crippen MR) is 78.3 cm³/mol. The molecule has 0 aliphatic carbocycles. The number of carboxylic acids is 1. The van der Waals surface area contributed by atoms with Crippen molar-refractivity contribution >= 4 is 22.3 Å². The topological polar surface area (TPSA) is 57.8 Å². The van der Waals surface area contributed by atoms with Gasteiger partial charge in [0.05, 0.1) is 11.4 Å². The van der Waals surface area contributed by atoms with E-state index in [-0.39, 0.29) is 6.42 Å². The zero-order valence-corrected chi connectivity index (χ0v) is 12.4. The van der Waals surface area contributed by atoms with Gasteiger partial charge in [0.15, 0.2) is 4.96 Å². The molecule has 1 aliphatic rings. The minimum atomic E-state index is -0.721. The summed E-state index contributed by atoms with van der Waals surface area (Å²) in [6.07, 6.45) is 2.74. The Labute approximate surface area is 121 Å². The molecule has 1 N–H and O–H groups in total.